The maximum Gasteiger partial charge on any atom is 0.326 e. The van der Waals surface area contributed by atoms with Crippen molar-refractivity contribution in [3.8, 4) is 0 Å². The molecule has 0 saturated carbocycles. The zero-order chi connectivity index (χ0) is 12.6. The van der Waals surface area contributed by atoms with Crippen LogP contribution in [0, 0.1) is 5.92 Å². The Morgan fingerprint density at radius 1 is 1.53 bits per heavy atom. The van der Waals surface area contributed by atoms with Gasteiger partial charge in [-0.1, -0.05) is 6.92 Å². The lowest BCUT2D eigenvalue weighted by molar-refractivity contribution is -0.128. The zero-order valence-electron chi connectivity index (χ0n) is 9.50. The molecular formula is C10H16N2O5. The Labute approximate surface area is 98.3 Å². The van der Waals surface area contributed by atoms with Crippen molar-refractivity contribution in [3.05, 3.63) is 0 Å². The van der Waals surface area contributed by atoms with Crippen molar-refractivity contribution in [3.63, 3.8) is 0 Å². The van der Waals surface area contributed by atoms with Gasteiger partial charge in [-0.2, -0.15) is 0 Å². The first-order valence-corrected chi connectivity index (χ1v) is 5.58. The molecule has 96 valence electrons. The number of ether oxygens (including phenoxy) is 1. The number of hydrogen-bond donors (Lipinski definition) is 3. The van der Waals surface area contributed by atoms with Gasteiger partial charge in [0.15, 0.2) is 0 Å². The predicted octanol–water partition coefficient (Wildman–Crippen LogP) is -1.36. The highest BCUT2D eigenvalue weighted by molar-refractivity contribution is 5.97. The van der Waals surface area contributed by atoms with Gasteiger partial charge in [-0.3, -0.25) is 15.0 Å². The SMILES string of the molecule is CC1CN([C@H]2C[C@@H](O)[C@H](CO)O2)C(=O)NC1=O. The maximum atomic E-state index is 11.6. The highest BCUT2D eigenvalue weighted by atomic mass is 16.5. The Kier molecular flexibility index (Phi) is 3.32. The van der Waals surface area contributed by atoms with Crippen LogP contribution in [-0.4, -0.2) is 58.6 Å². The number of rotatable bonds is 2. The Bertz CT molecular complexity index is 335. The van der Waals surface area contributed by atoms with E-state index in [2.05, 4.69) is 5.32 Å². The summed E-state index contributed by atoms with van der Waals surface area (Å²) in [6.07, 6.45) is -1.79. The number of aliphatic hydroxyl groups excluding tert-OH is 2. The average molecular weight is 244 g/mol. The summed E-state index contributed by atoms with van der Waals surface area (Å²) in [4.78, 5) is 24.2. The Morgan fingerprint density at radius 2 is 2.24 bits per heavy atom. The molecule has 3 amide bonds. The second-order valence-electron chi connectivity index (χ2n) is 4.46. The summed E-state index contributed by atoms with van der Waals surface area (Å²) in [5.41, 5.74) is 0. The molecule has 7 nitrogen and oxygen atoms in total. The van der Waals surface area contributed by atoms with Crippen molar-refractivity contribution in [2.24, 2.45) is 5.92 Å². The van der Waals surface area contributed by atoms with Crippen LogP contribution in [0.1, 0.15) is 13.3 Å². The Morgan fingerprint density at radius 3 is 2.82 bits per heavy atom. The van der Waals surface area contributed by atoms with E-state index in [0.717, 1.165) is 0 Å². The van der Waals surface area contributed by atoms with E-state index >= 15 is 0 Å². The van der Waals surface area contributed by atoms with Crippen LogP contribution in [0.3, 0.4) is 0 Å². The van der Waals surface area contributed by atoms with Gasteiger partial charge in [-0.25, -0.2) is 4.79 Å². The molecule has 0 spiro atoms. The molecular weight excluding hydrogens is 228 g/mol. The third-order valence-corrected chi connectivity index (χ3v) is 3.14. The molecule has 4 atom stereocenters. The minimum atomic E-state index is -0.786. The summed E-state index contributed by atoms with van der Waals surface area (Å²) >= 11 is 0. The van der Waals surface area contributed by atoms with Gasteiger partial charge in [0, 0.05) is 13.0 Å². The topological polar surface area (TPSA) is 99.1 Å². The number of amides is 3. The van der Waals surface area contributed by atoms with E-state index in [1.54, 1.807) is 6.92 Å². The van der Waals surface area contributed by atoms with Gasteiger partial charge >= 0.3 is 6.03 Å². The lowest BCUT2D eigenvalue weighted by Gasteiger charge is -2.34. The largest absolute Gasteiger partial charge is 0.394 e. The van der Waals surface area contributed by atoms with Crippen molar-refractivity contribution >= 4 is 11.9 Å². The van der Waals surface area contributed by atoms with Gasteiger partial charge in [-0.15, -0.1) is 0 Å². The monoisotopic (exact) mass is 244 g/mol. The van der Waals surface area contributed by atoms with Crippen molar-refractivity contribution in [2.75, 3.05) is 13.2 Å². The first kappa shape index (κ1) is 12.3. The average Bonchev–Trinajstić information content (AvgIpc) is 2.65. The molecule has 2 aliphatic heterocycles. The van der Waals surface area contributed by atoms with E-state index in [0.29, 0.717) is 0 Å². The summed E-state index contributed by atoms with van der Waals surface area (Å²) in [7, 11) is 0. The van der Waals surface area contributed by atoms with Gasteiger partial charge in [-0.05, 0) is 0 Å². The molecule has 0 aromatic carbocycles. The van der Waals surface area contributed by atoms with Crippen LogP contribution in [0.2, 0.25) is 0 Å². The van der Waals surface area contributed by atoms with Crippen LogP contribution in [0.5, 0.6) is 0 Å². The summed E-state index contributed by atoms with van der Waals surface area (Å²) in [5, 5.41) is 20.8. The van der Waals surface area contributed by atoms with Gasteiger partial charge in [0.1, 0.15) is 12.3 Å². The quantitative estimate of drug-likeness (QED) is 0.557. The Hall–Kier alpha value is -1.18. The second kappa shape index (κ2) is 4.59. The van der Waals surface area contributed by atoms with E-state index in [9.17, 15) is 14.7 Å². The smallest absolute Gasteiger partial charge is 0.326 e. The summed E-state index contributed by atoms with van der Waals surface area (Å²) < 4.78 is 5.37. The number of carbonyl (C=O) groups is 2. The lowest BCUT2D eigenvalue weighted by atomic mass is 10.1. The normalized spacial score (nSPS) is 38.4. The van der Waals surface area contributed by atoms with E-state index in [-0.39, 0.29) is 31.4 Å². The van der Waals surface area contributed by atoms with E-state index < -0.39 is 24.5 Å². The lowest BCUT2D eigenvalue weighted by Crippen LogP contribution is -2.57. The molecule has 2 fully saturated rings. The highest BCUT2D eigenvalue weighted by Gasteiger charge is 2.41. The van der Waals surface area contributed by atoms with Crippen molar-refractivity contribution in [2.45, 2.75) is 31.8 Å². The summed E-state index contributed by atoms with van der Waals surface area (Å²) in [5.74, 6) is -0.606. The number of aliphatic hydroxyl groups is 2. The van der Waals surface area contributed by atoms with Gasteiger partial charge < -0.3 is 14.9 Å². The van der Waals surface area contributed by atoms with Crippen LogP contribution in [0.15, 0.2) is 0 Å². The zero-order valence-corrected chi connectivity index (χ0v) is 9.50. The highest BCUT2D eigenvalue weighted by Crippen LogP contribution is 2.25. The maximum absolute atomic E-state index is 11.6. The van der Waals surface area contributed by atoms with Crippen molar-refractivity contribution < 1.29 is 24.5 Å². The first-order valence-electron chi connectivity index (χ1n) is 5.58. The van der Waals surface area contributed by atoms with Crippen molar-refractivity contribution in [1.29, 1.82) is 0 Å². The van der Waals surface area contributed by atoms with Gasteiger partial charge in [0.2, 0.25) is 5.91 Å². The van der Waals surface area contributed by atoms with Crippen LogP contribution in [-0.2, 0) is 9.53 Å². The van der Waals surface area contributed by atoms with E-state index in [1.165, 1.54) is 4.90 Å². The Balaban J connectivity index is 2.03. The molecule has 0 aromatic rings. The van der Waals surface area contributed by atoms with Crippen LogP contribution >= 0.6 is 0 Å². The van der Waals surface area contributed by atoms with Gasteiger partial charge in [0.05, 0.1) is 18.6 Å². The molecule has 2 heterocycles. The number of urea groups is 1. The fraction of sp³-hybridized carbons (Fsp3) is 0.800. The summed E-state index contributed by atoms with van der Waals surface area (Å²) in [6, 6.07) is -0.510. The number of carbonyl (C=O) groups excluding carboxylic acids is 2. The molecule has 2 aliphatic rings. The minimum Gasteiger partial charge on any atom is -0.394 e. The van der Waals surface area contributed by atoms with Crippen LogP contribution in [0.25, 0.3) is 0 Å². The molecule has 3 N–H and O–H groups in total. The fourth-order valence-corrected chi connectivity index (χ4v) is 2.08. The third-order valence-electron chi connectivity index (χ3n) is 3.14. The predicted molar refractivity (Wildman–Crippen MR) is 55.8 cm³/mol. The molecule has 1 unspecified atom stereocenters. The minimum absolute atomic E-state index is 0.250. The fourth-order valence-electron chi connectivity index (χ4n) is 2.08. The molecule has 0 bridgehead atoms. The van der Waals surface area contributed by atoms with Gasteiger partial charge in [0.25, 0.3) is 0 Å². The third kappa shape index (κ3) is 2.26. The van der Waals surface area contributed by atoms with E-state index in [1.807, 2.05) is 0 Å². The molecule has 0 radical (unpaired) electrons. The number of imide groups is 1. The number of nitrogens with one attached hydrogen (secondary N) is 1. The molecule has 0 aliphatic carbocycles. The second-order valence-corrected chi connectivity index (χ2v) is 4.46. The first-order chi connectivity index (χ1) is 8.02. The molecule has 17 heavy (non-hydrogen) atoms. The van der Waals surface area contributed by atoms with Crippen LogP contribution < -0.4 is 5.32 Å². The van der Waals surface area contributed by atoms with Crippen molar-refractivity contribution in [1.82, 2.24) is 10.2 Å². The molecule has 0 aromatic heterocycles. The standard InChI is InChI=1S/C10H16N2O5/c1-5-3-12(10(16)11-9(5)15)8-2-6(14)7(4-13)17-8/h5-8,13-14H,2-4H2,1H3,(H,11,15,16)/t5?,6-,7+,8-/m1/s1. The molecule has 2 rings (SSSR count). The molecule has 7 heteroatoms. The number of nitrogens with zero attached hydrogens (tertiary/aromatic N) is 1. The van der Waals surface area contributed by atoms with Crippen LogP contribution in [0.4, 0.5) is 4.79 Å². The molecule has 2 saturated heterocycles. The number of hydrogen-bond acceptors (Lipinski definition) is 5. The summed E-state index contributed by atoms with van der Waals surface area (Å²) in [6.45, 7) is 1.69. The van der Waals surface area contributed by atoms with E-state index in [4.69, 9.17) is 9.84 Å².